The van der Waals surface area contributed by atoms with E-state index in [1.165, 1.54) is 18.2 Å². The highest BCUT2D eigenvalue weighted by molar-refractivity contribution is 5.74. The molecular weight excluding hydrogens is 255 g/mol. The van der Waals surface area contributed by atoms with Crippen molar-refractivity contribution in [3.8, 4) is 6.07 Å². The van der Waals surface area contributed by atoms with E-state index in [0.717, 1.165) is 12.1 Å². The van der Waals surface area contributed by atoms with E-state index in [1.807, 2.05) is 6.07 Å². The van der Waals surface area contributed by atoms with Gasteiger partial charge in [-0.15, -0.1) is 0 Å². The van der Waals surface area contributed by atoms with Crippen molar-refractivity contribution in [2.45, 2.75) is 0 Å². The molecule has 0 unspecified atom stereocenters. The summed E-state index contributed by atoms with van der Waals surface area (Å²) in [5.41, 5.74) is 6.60. The van der Waals surface area contributed by atoms with Gasteiger partial charge in [-0.2, -0.15) is 5.26 Å². The molecule has 0 saturated heterocycles. The molecule has 19 heavy (non-hydrogen) atoms. The van der Waals surface area contributed by atoms with Crippen molar-refractivity contribution < 1.29 is 13.2 Å². The van der Waals surface area contributed by atoms with Crippen LogP contribution < -0.4 is 11.1 Å². The van der Waals surface area contributed by atoms with Gasteiger partial charge in [-0.1, -0.05) is 0 Å². The number of nitrogen functional groups attached to an aromatic ring is 1. The predicted octanol–water partition coefficient (Wildman–Crippen LogP) is 3.30. The molecule has 0 atom stereocenters. The highest BCUT2D eigenvalue weighted by Crippen LogP contribution is 2.26. The maximum atomic E-state index is 13.1. The lowest BCUT2D eigenvalue weighted by Crippen LogP contribution is -1.99. The number of benzene rings is 2. The largest absolute Gasteiger partial charge is 0.397 e. The summed E-state index contributed by atoms with van der Waals surface area (Å²) in [5.74, 6) is -4.15. The zero-order chi connectivity index (χ0) is 14.0. The quantitative estimate of drug-likeness (QED) is 0.645. The van der Waals surface area contributed by atoms with E-state index < -0.39 is 17.5 Å². The SMILES string of the molecule is N#Cc1ccc(N)c(Nc2cc(F)c(F)c(F)c2)c1. The van der Waals surface area contributed by atoms with Gasteiger partial charge >= 0.3 is 0 Å². The second-order valence-electron chi connectivity index (χ2n) is 3.79. The average molecular weight is 263 g/mol. The zero-order valence-corrected chi connectivity index (χ0v) is 9.55. The van der Waals surface area contributed by atoms with Gasteiger partial charge in [0.15, 0.2) is 17.5 Å². The van der Waals surface area contributed by atoms with Crippen LogP contribution in [-0.2, 0) is 0 Å². The maximum Gasteiger partial charge on any atom is 0.194 e. The van der Waals surface area contributed by atoms with Gasteiger partial charge in [0, 0.05) is 17.8 Å². The first-order valence-corrected chi connectivity index (χ1v) is 5.22. The van der Waals surface area contributed by atoms with Gasteiger partial charge in [-0.25, -0.2) is 13.2 Å². The Bertz CT molecular complexity index is 654. The molecular formula is C13H8F3N3. The van der Waals surface area contributed by atoms with Gasteiger partial charge in [0.05, 0.1) is 23.0 Å². The molecule has 0 aliphatic heterocycles. The Morgan fingerprint density at radius 1 is 1.05 bits per heavy atom. The Balaban J connectivity index is 2.39. The van der Waals surface area contributed by atoms with Crippen LogP contribution in [0.5, 0.6) is 0 Å². The van der Waals surface area contributed by atoms with Crippen molar-refractivity contribution in [3.63, 3.8) is 0 Å². The molecule has 0 bridgehead atoms. The lowest BCUT2D eigenvalue weighted by atomic mass is 10.2. The van der Waals surface area contributed by atoms with Crippen molar-refractivity contribution in [1.29, 1.82) is 5.26 Å². The molecule has 2 rings (SSSR count). The summed E-state index contributed by atoms with van der Waals surface area (Å²) in [6.07, 6.45) is 0. The molecule has 0 aliphatic rings. The number of nitrogens with two attached hydrogens (primary N) is 1. The normalized spacial score (nSPS) is 10.0. The van der Waals surface area contributed by atoms with Gasteiger partial charge < -0.3 is 11.1 Å². The van der Waals surface area contributed by atoms with E-state index in [4.69, 9.17) is 11.0 Å². The Hall–Kier alpha value is -2.68. The third-order valence-electron chi connectivity index (χ3n) is 2.45. The zero-order valence-electron chi connectivity index (χ0n) is 9.55. The van der Waals surface area contributed by atoms with E-state index in [1.54, 1.807) is 0 Å². The van der Waals surface area contributed by atoms with Crippen LogP contribution in [0.1, 0.15) is 5.56 Å². The number of nitrogens with zero attached hydrogens (tertiary/aromatic N) is 1. The monoisotopic (exact) mass is 263 g/mol. The standard InChI is InChI=1S/C13H8F3N3/c14-9-4-8(5-10(15)13(9)16)19-12-3-7(6-17)1-2-11(12)18/h1-5,19H,18H2. The Morgan fingerprint density at radius 2 is 1.68 bits per heavy atom. The van der Waals surface area contributed by atoms with Crippen LogP contribution in [0.4, 0.5) is 30.2 Å². The molecule has 0 heterocycles. The van der Waals surface area contributed by atoms with E-state index in [9.17, 15) is 13.2 Å². The summed E-state index contributed by atoms with van der Waals surface area (Å²) in [6.45, 7) is 0. The first-order chi connectivity index (χ1) is 9.01. The lowest BCUT2D eigenvalue weighted by Gasteiger charge is -2.10. The highest BCUT2D eigenvalue weighted by Gasteiger charge is 2.11. The van der Waals surface area contributed by atoms with Crippen LogP contribution in [0.3, 0.4) is 0 Å². The van der Waals surface area contributed by atoms with E-state index in [0.29, 0.717) is 16.9 Å². The van der Waals surface area contributed by atoms with Gasteiger partial charge in [0.2, 0.25) is 0 Å². The molecule has 0 radical (unpaired) electrons. The number of nitrogens with one attached hydrogen (secondary N) is 1. The topological polar surface area (TPSA) is 61.8 Å². The smallest absolute Gasteiger partial charge is 0.194 e. The molecule has 3 N–H and O–H groups in total. The number of anilines is 3. The van der Waals surface area contributed by atoms with Gasteiger partial charge in [-0.05, 0) is 18.2 Å². The number of nitriles is 1. The number of hydrogen-bond donors (Lipinski definition) is 2. The highest BCUT2D eigenvalue weighted by atomic mass is 19.2. The third kappa shape index (κ3) is 2.60. The van der Waals surface area contributed by atoms with Crippen molar-refractivity contribution in [2.75, 3.05) is 11.1 Å². The molecule has 3 nitrogen and oxygen atoms in total. The van der Waals surface area contributed by atoms with E-state index in [2.05, 4.69) is 5.32 Å². The minimum atomic E-state index is -1.54. The summed E-state index contributed by atoms with van der Waals surface area (Å²) in [4.78, 5) is 0. The summed E-state index contributed by atoms with van der Waals surface area (Å²) >= 11 is 0. The minimum absolute atomic E-state index is 0.00168. The summed E-state index contributed by atoms with van der Waals surface area (Å²) in [6, 6.07) is 7.93. The molecule has 2 aromatic rings. The Morgan fingerprint density at radius 3 is 2.26 bits per heavy atom. The van der Waals surface area contributed by atoms with Crippen LogP contribution in [0, 0.1) is 28.8 Å². The van der Waals surface area contributed by atoms with Crippen LogP contribution >= 0.6 is 0 Å². The van der Waals surface area contributed by atoms with Gasteiger partial charge in [0.1, 0.15) is 0 Å². The second-order valence-corrected chi connectivity index (χ2v) is 3.79. The summed E-state index contributed by atoms with van der Waals surface area (Å²) < 4.78 is 38.9. The number of rotatable bonds is 2. The third-order valence-corrected chi connectivity index (χ3v) is 2.45. The summed E-state index contributed by atoms with van der Waals surface area (Å²) in [5, 5.41) is 11.4. The minimum Gasteiger partial charge on any atom is -0.397 e. The fraction of sp³-hybridized carbons (Fsp3) is 0. The van der Waals surface area contributed by atoms with E-state index >= 15 is 0 Å². The number of halogens is 3. The predicted molar refractivity (Wildman–Crippen MR) is 65.2 cm³/mol. The maximum absolute atomic E-state index is 13.1. The van der Waals surface area contributed by atoms with Crippen LogP contribution in [0.25, 0.3) is 0 Å². The van der Waals surface area contributed by atoms with Crippen LogP contribution in [0.2, 0.25) is 0 Å². The molecule has 0 spiro atoms. The molecule has 96 valence electrons. The second kappa shape index (κ2) is 4.90. The molecule has 0 saturated carbocycles. The Kier molecular flexibility index (Phi) is 3.29. The van der Waals surface area contributed by atoms with Gasteiger partial charge in [0.25, 0.3) is 0 Å². The molecule has 0 fully saturated rings. The van der Waals surface area contributed by atoms with Crippen LogP contribution in [-0.4, -0.2) is 0 Å². The van der Waals surface area contributed by atoms with Crippen molar-refractivity contribution in [3.05, 3.63) is 53.3 Å². The summed E-state index contributed by atoms with van der Waals surface area (Å²) in [7, 11) is 0. The van der Waals surface area contributed by atoms with Crippen LogP contribution in [0.15, 0.2) is 30.3 Å². The molecule has 0 amide bonds. The van der Waals surface area contributed by atoms with Crippen molar-refractivity contribution in [1.82, 2.24) is 0 Å². The molecule has 6 heteroatoms. The average Bonchev–Trinajstić information content (AvgIpc) is 2.38. The fourth-order valence-electron chi connectivity index (χ4n) is 1.52. The fourth-order valence-corrected chi connectivity index (χ4v) is 1.52. The van der Waals surface area contributed by atoms with Gasteiger partial charge in [-0.3, -0.25) is 0 Å². The van der Waals surface area contributed by atoms with Crippen molar-refractivity contribution >= 4 is 17.1 Å². The molecule has 0 aromatic heterocycles. The van der Waals surface area contributed by atoms with Crippen molar-refractivity contribution in [2.24, 2.45) is 0 Å². The molecule has 2 aromatic carbocycles. The van der Waals surface area contributed by atoms with E-state index in [-0.39, 0.29) is 5.69 Å². The Labute approximate surface area is 107 Å². The first-order valence-electron chi connectivity index (χ1n) is 5.22. The number of hydrogen-bond acceptors (Lipinski definition) is 3. The lowest BCUT2D eigenvalue weighted by molar-refractivity contribution is 0.448. The molecule has 0 aliphatic carbocycles. The first kappa shape index (κ1) is 12.8.